The number of hydrogen-bond acceptors (Lipinski definition) is 4. The SMILES string of the molecule is O/N=C(/C(=N/O)C12CCC(CC1)C2)C12CCC(CC1)C2. The Balaban J connectivity index is 1.70. The highest BCUT2D eigenvalue weighted by molar-refractivity contribution is 6.46. The second kappa shape index (κ2) is 4.22. The van der Waals surface area contributed by atoms with Crippen LogP contribution in [0.1, 0.15) is 64.2 Å². The molecule has 110 valence electrons. The van der Waals surface area contributed by atoms with Crippen molar-refractivity contribution in [1.29, 1.82) is 0 Å². The van der Waals surface area contributed by atoms with E-state index in [1.165, 1.54) is 25.7 Å². The third-order valence-electron chi connectivity index (χ3n) is 6.91. The van der Waals surface area contributed by atoms with Gasteiger partial charge in [-0.05, 0) is 76.0 Å². The quantitative estimate of drug-likeness (QED) is 0.467. The van der Waals surface area contributed by atoms with E-state index >= 15 is 0 Å². The van der Waals surface area contributed by atoms with Gasteiger partial charge < -0.3 is 10.4 Å². The van der Waals surface area contributed by atoms with Crippen molar-refractivity contribution in [2.75, 3.05) is 0 Å². The molecule has 0 aromatic rings. The fraction of sp³-hybridized carbons (Fsp3) is 0.875. The Bertz CT molecular complexity index is 423. The second-order valence-electron chi connectivity index (χ2n) is 7.75. The highest BCUT2D eigenvalue weighted by Gasteiger charge is 2.56. The van der Waals surface area contributed by atoms with Gasteiger partial charge in [0.05, 0.1) is 0 Å². The number of hydrogen-bond donors (Lipinski definition) is 2. The van der Waals surface area contributed by atoms with Gasteiger partial charge in [-0.25, -0.2) is 0 Å². The largest absolute Gasteiger partial charge is 0.411 e. The van der Waals surface area contributed by atoms with Crippen molar-refractivity contribution in [2.45, 2.75) is 64.2 Å². The molecule has 0 unspecified atom stereocenters. The van der Waals surface area contributed by atoms with Gasteiger partial charge in [0.1, 0.15) is 11.4 Å². The fourth-order valence-corrected chi connectivity index (χ4v) is 5.86. The van der Waals surface area contributed by atoms with Crippen LogP contribution in [0.3, 0.4) is 0 Å². The molecule has 0 spiro atoms. The van der Waals surface area contributed by atoms with E-state index in [-0.39, 0.29) is 10.8 Å². The molecule has 4 nitrogen and oxygen atoms in total. The lowest BCUT2D eigenvalue weighted by molar-refractivity contribution is 0.290. The molecule has 4 aliphatic carbocycles. The molecule has 0 amide bonds. The van der Waals surface area contributed by atoms with E-state index in [4.69, 9.17) is 0 Å². The summed E-state index contributed by atoms with van der Waals surface area (Å²) in [6.45, 7) is 0. The first-order chi connectivity index (χ1) is 9.71. The Labute approximate surface area is 119 Å². The monoisotopic (exact) mass is 276 g/mol. The molecular formula is C16H24N2O2. The van der Waals surface area contributed by atoms with Gasteiger partial charge in [0.2, 0.25) is 0 Å². The van der Waals surface area contributed by atoms with Gasteiger partial charge in [0.15, 0.2) is 0 Å². The molecule has 0 aromatic heterocycles. The molecule has 4 heteroatoms. The molecule has 4 bridgehead atoms. The molecule has 4 aliphatic rings. The van der Waals surface area contributed by atoms with Gasteiger partial charge in [-0.3, -0.25) is 0 Å². The van der Waals surface area contributed by atoms with Crippen molar-refractivity contribution in [3.8, 4) is 0 Å². The van der Waals surface area contributed by atoms with Gasteiger partial charge in [-0.1, -0.05) is 10.3 Å². The Morgan fingerprint density at radius 1 is 0.700 bits per heavy atom. The Hall–Kier alpha value is -1.06. The Morgan fingerprint density at radius 3 is 1.25 bits per heavy atom. The number of fused-ring (bicyclic) bond motifs is 4. The van der Waals surface area contributed by atoms with Gasteiger partial charge in [-0.15, -0.1) is 0 Å². The predicted molar refractivity (Wildman–Crippen MR) is 76.5 cm³/mol. The van der Waals surface area contributed by atoms with Crippen LogP contribution in [0.15, 0.2) is 10.3 Å². The molecule has 4 fully saturated rings. The van der Waals surface area contributed by atoms with Crippen LogP contribution < -0.4 is 0 Å². The van der Waals surface area contributed by atoms with Gasteiger partial charge >= 0.3 is 0 Å². The third kappa shape index (κ3) is 1.54. The van der Waals surface area contributed by atoms with Gasteiger partial charge in [0, 0.05) is 10.8 Å². The Kier molecular flexibility index (Phi) is 2.67. The average molecular weight is 276 g/mol. The summed E-state index contributed by atoms with van der Waals surface area (Å²) in [4.78, 5) is 0. The minimum absolute atomic E-state index is 0.0103. The van der Waals surface area contributed by atoms with E-state index in [1.54, 1.807) is 0 Å². The number of rotatable bonds is 3. The van der Waals surface area contributed by atoms with E-state index in [0.717, 1.165) is 61.8 Å². The predicted octanol–water partition coefficient (Wildman–Crippen LogP) is 3.81. The van der Waals surface area contributed by atoms with Crippen molar-refractivity contribution in [1.82, 2.24) is 0 Å². The highest BCUT2D eigenvalue weighted by Crippen LogP contribution is 2.59. The van der Waals surface area contributed by atoms with Crippen molar-refractivity contribution in [3.63, 3.8) is 0 Å². The normalized spacial score (nSPS) is 47.4. The standard InChI is InChI=1S/C16H24N2O2/c19-17-13(15-5-1-11(9-15)2-6-15)14(18-20)16-7-3-12(10-16)4-8-16/h11-12,19-20H,1-10H2/b17-13-,18-14-. The fourth-order valence-electron chi connectivity index (χ4n) is 5.86. The van der Waals surface area contributed by atoms with E-state index < -0.39 is 0 Å². The lowest BCUT2D eigenvalue weighted by Crippen LogP contribution is -2.42. The summed E-state index contributed by atoms with van der Waals surface area (Å²) < 4.78 is 0. The summed E-state index contributed by atoms with van der Waals surface area (Å²) in [7, 11) is 0. The van der Waals surface area contributed by atoms with Crippen LogP contribution in [0.2, 0.25) is 0 Å². The maximum atomic E-state index is 9.68. The van der Waals surface area contributed by atoms with E-state index in [0.29, 0.717) is 0 Å². The third-order valence-corrected chi connectivity index (χ3v) is 6.91. The van der Waals surface area contributed by atoms with Crippen LogP contribution >= 0.6 is 0 Å². The molecule has 20 heavy (non-hydrogen) atoms. The van der Waals surface area contributed by atoms with E-state index in [9.17, 15) is 10.4 Å². The first-order valence-corrected chi connectivity index (χ1v) is 8.17. The van der Waals surface area contributed by atoms with Crippen molar-refractivity contribution in [2.24, 2.45) is 33.0 Å². The average Bonchev–Trinajstić information content (AvgIpc) is 3.23. The maximum Gasteiger partial charge on any atom is 0.111 e. The van der Waals surface area contributed by atoms with E-state index in [2.05, 4.69) is 10.3 Å². The van der Waals surface area contributed by atoms with Gasteiger partial charge in [-0.2, -0.15) is 0 Å². The van der Waals surface area contributed by atoms with Crippen LogP contribution in [-0.2, 0) is 0 Å². The molecule has 4 rings (SSSR count). The van der Waals surface area contributed by atoms with Crippen LogP contribution in [0, 0.1) is 22.7 Å². The first-order valence-electron chi connectivity index (χ1n) is 8.17. The molecule has 0 aliphatic heterocycles. The van der Waals surface area contributed by atoms with Crippen LogP contribution in [-0.4, -0.2) is 21.8 Å². The summed E-state index contributed by atoms with van der Waals surface area (Å²) in [5.74, 6) is 1.59. The highest BCUT2D eigenvalue weighted by atomic mass is 16.4. The van der Waals surface area contributed by atoms with Crippen molar-refractivity contribution in [3.05, 3.63) is 0 Å². The number of nitrogens with zero attached hydrogens (tertiary/aromatic N) is 2. The van der Waals surface area contributed by atoms with Crippen LogP contribution in [0.4, 0.5) is 0 Å². The molecular weight excluding hydrogens is 252 g/mol. The second-order valence-corrected chi connectivity index (χ2v) is 7.75. The zero-order chi connectivity index (χ0) is 13.8. The topological polar surface area (TPSA) is 65.2 Å². The molecule has 2 N–H and O–H groups in total. The van der Waals surface area contributed by atoms with Crippen LogP contribution in [0.5, 0.6) is 0 Å². The number of oxime groups is 2. The maximum absolute atomic E-state index is 9.68. The van der Waals surface area contributed by atoms with Crippen molar-refractivity contribution < 1.29 is 10.4 Å². The Morgan fingerprint density at radius 2 is 1.05 bits per heavy atom. The summed E-state index contributed by atoms with van der Waals surface area (Å²) >= 11 is 0. The molecule has 0 aromatic carbocycles. The van der Waals surface area contributed by atoms with Crippen molar-refractivity contribution >= 4 is 11.4 Å². The van der Waals surface area contributed by atoms with Gasteiger partial charge in [0.25, 0.3) is 0 Å². The molecule has 0 heterocycles. The smallest absolute Gasteiger partial charge is 0.111 e. The van der Waals surface area contributed by atoms with Crippen LogP contribution in [0.25, 0.3) is 0 Å². The lowest BCUT2D eigenvalue weighted by atomic mass is 9.69. The van der Waals surface area contributed by atoms with E-state index in [1.807, 2.05) is 0 Å². The summed E-state index contributed by atoms with van der Waals surface area (Å²) in [6, 6.07) is 0. The molecule has 0 saturated heterocycles. The minimum Gasteiger partial charge on any atom is -0.411 e. The zero-order valence-corrected chi connectivity index (χ0v) is 12.0. The summed E-state index contributed by atoms with van der Waals surface area (Å²) in [5, 5.41) is 26.8. The lowest BCUT2D eigenvalue weighted by Gasteiger charge is -2.34. The minimum atomic E-state index is 0.0103. The molecule has 0 atom stereocenters. The molecule has 0 radical (unpaired) electrons. The summed E-state index contributed by atoms with van der Waals surface area (Å²) in [5.41, 5.74) is 1.50. The molecule has 4 saturated carbocycles. The zero-order valence-electron chi connectivity index (χ0n) is 12.0. The first kappa shape index (κ1) is 12.7. The summed E-state index contributed by atoms with van der Waals surface area (Å²) in [6.07, 6.45) is 11.7.